The van der Waals surface area contributed by atoms with Crippen LogP contribution in [-0.4, -0.2) is 30.0 Å². The predicted molar refractivity (Wildman–Crippen MR) is 100.0 cm³/mol. The summed E-state index contributed by atoms with van der Waals surface area (Å²) in [5, 5.41) is 0. The second-order valence-electron chi connectivity index (χ2n) is 6.40. The summed E-state index contributed by atoms with van der Waals surface area (Å²) in [5.74, 6) is -0.692. The number of hydrogen-bond acceptors (Lipinski definition) is 5. The zero-order chi connectivity index (χ0) is 19.6. The van der Waals surface area contributed by atoms with E-state index in [1.54, 1.807) is 55.5 Å². The van der Waals surface area contributed by atoms with Crippen LogP contribution in [-0.2, 0) is 9.53 Å². The van der Waals surface area contributed by atoms with Gasteiger partial charge in [0.25, 0.3) is 11.8 Å². The molecule has 0 aliphatic carbocycles. The Labute approximate surface area is 157 Å². The Kier molecular flexibility index (Phi) is 5.26. The third kappa shape index (κ3) is 3.69. The quantitative estimate of drug-likeness (QED) is 0.576. The molecule has 0 spiro atoms. The zero-order valence-electron chi connectivity index (χ0n) is 15.5. The van der Waals surface area contributed by atoms with Crippen LogP contribution in [0.1, 0.15) is 47.9 Å². The maximum Gasteiger partial charge on any atom is 0.347 e. The lowest BCUT2D eigenvalue weighted by Gasteiger charge is -2.18. The second kappa shape index (κ2) is 7.61. The first-order chi connectivity index (χ1) is 12.9. The molecule has 6 nitrogen and oxygen atoms in total. The highest BCUT2D eigenvalue weighted by Crippen LogP contribution is 2.29. The Morgan fingerprint density at radius 1 is 0.963 bits per heavy atom. The van der Waals surface area contributed by atoms with E-state index in [0.29, 0.717) is 22.6 Å². The first-order valence-corrected chi connectivity index (χ1v) is 8.87. The molecule has 0 bridgehead atoms. The Morgan fingerprint density at radius 3 is 2.04 bits per heavy atom. The van der Waals surface area contributed by atoms with Crippen molar-refractivity contribution in [2.75, 3.05) is 4.90 Å². The van der Waals surface area contributed by atoms with Gasteiger partial charge in [0.1, 0.15) is 5.75 Å². The minimum absolute atomic E-state index is 0.167. The molecule has 2 aromatic rings. The number of carbonyl (C=O) groups is 3. The third-order valence-electron chi connectivity index (χ3n) is 4.43. The van der Waals surface area contributed by atoms with Gasteiger partial charge >= 0.3 is 5.97 Å². The molecule has 0 unspecified atom stereocenters. The normalized spacial score (nSPS) is 15.3. The molecule has 2 atom stereocenters. The number of esters is 1. The number of hydrogen-bond donors (Lipinski definition) is 0. The summed E-state index contributed by atoms with van der Waals surface area (Å²) in [6, 6.07) is 13.2. The van der Waals surface area contributed by atoms with Crippen LogP contribution in [0.5, 0.6) is 5.75 Å². The molecule has 0 saturated heterocycles. The average Bonchev–Trinajstić information content (AvgIpc) is 2.93. The van der Waals surface area contributed by atoms with E-state index in [2.05, 4.69) is 0 Å². The highest BCUT2D eigenvalue weighted by atomic mass is 16.6. The van der Waals surface area contributed by atoms with Gasteiger partial charge in [-0.25, -0.2) is 9.69 Å². The summed E-state index contributed by atoms with van der Waals surface area (Å²) >= 11 is 0. The van der Waals surface area contributed by atoms with Crippen molar-refractivity contribution in [3.63, 3.8) is 0 Å². The van der Waals surface area contributed by atoms with E-state index in [9.17, 15) is 14.4 Å². The van der Waals surface area contributed by atoms with E-state index in [-0.39, 0.29) is 17.9 Å². The maximum atomic E-state index is 12.5. The van der Waals surface area contributed by atoms with Crippen LogP contribution in [0.2, 0.25) is 0 Å². The molecule has 1 aliphatic heterocycles. The predicted octanol–water partition coefficient (Wildman–Crippen LogP) is 3.60. The second-order valence-corrected chi connectivity index (χ2v) is 6.40. The lowest BCUT2D eigenvalue weighted by atomic mass is 10.1. The van der Waals surface area contributed by atoms with Gasteiger partial charge in [-0.3, -0.25) is 9.59 Å². The molecular weight excluding hydrogens is 346 g/mol. The molecule has 3 rings (SSSR count). The van der Waals surface area contributed by atoms with Crippen LogP contribution < -0.4 is 9.64 Å². The molecule has 0 aromatic heterocycles. The van der Waals surface area contributed by atoms with Gasteiger partial charge in [-0.1, -0.05) is 19.1 Å². The van der Waals surface area contributed by atoms with Crippen molar-refractivity contribution in [2.24, 2.45) is 0 Å². The fourth-order valence-corrected chi connectivity index (χ4v) is 2.73. The fraction of sp³-hybridized carbons (Fsp3) is 0.286. The van der Waals surface area contributed by atoms with Crippen LogP contribution >= 0.6 is 0 Å². The summed E-state index contributed by atoms with van der Waals surface area (Å²) in [6.45, 7) is 5.37. The number of carbonyl (C=O) groups excluding carboxylic acids is 3. The molecule has 1 aliphatic rings. The standard InChI is InChI=1S/C21H21NO5/c1-4-13(2)26-21(25)14(3)27-16-11-9-15(10-12-16)22-19(23)17-7-5-6-8-18(17)20(22)24/h5-14H,4H2,1-3H3/t13-,14+/m0/s1. The Morgan fingerprint density at radius 2 is 1.52 bits per heavy atom. The van der Waals surface area contributed by atoms with Gasteiger partial charge in [-0.05, 0) is 56.7 Å². The summed E-state index contributed by atoms with van der Waals surface area (Å²) in [7, 11) is 0. The van der Waals surface area contributed by atoms with Crippen LogP contribution in [0, 0.1) is 0 Å². The monoisotopic (exact) mass is 367 g/mol. The fourth-order valence-electron chi connectivity index (χ4n) is 2.73. The van der Waals surface area contributed by atoms with Gasteiger partial charge in [0.2, 0.25) is 0 Å². The van der Waals surface area contributed by atoms with E-state index in [1.165, 1.54) is 0 Å². The number of imide groups is 1. The number of rotatable bonds is 6. The Balaban J connectivity index is 1.70. The van der Waals surface area contributed by atoms with Gasteiger partial charge in [0, 0.05) is 0 Å². The molecule has 1 heterocycles. The molecule has 0 saturated carbocycles. The molecule has 27 heavy (non-hydrogen) atoms. The molecule has 2 aromatic carbocycles. The van der Waals surface area contributed by atoms with Crippen molar-refractivity contribution in [1.29, 1.82) is 0 Å². The van der Waals surface area contributed by atoms with E-state index < -0.39 is 12.1 Å². The minimum atomic E-state index is -0.760. The number of nitrogens with zero attached hydrogens (tertiary/aromatic N) is 1. The Bertz CT molecular complexity index is 839. The Hall–Kier alpha value is -3.15. The smallest absolute Gasteiger partial charge is 0.347 e. The van der Waals surface area contributed by atoms with Crippen LogP contribution in [0.3, 0.4) is 0 Å². The lowest BCUT2D eigenvalue weighted by molar-refractivity contribution is -0.155. The van der Waals surface area contributed by atoms with Crippen LogP contribution in [0.4, 0.5) is 5.69 Å². The van der Waals surface area contributed by atoms with Gasteiger partial charge in [-0.2, -0.15) is 0 Å². The highest BCUT2D eigenvalue weighted by molar-refractivity contribution is 6.34. The molecule has 2 amide bonds. The van der Waals surface area contributed by atoms with Gasteiger partial charge in [0.15, 0.2) is 6.10 Å². The van der Waals surface area contributed by atoms with Crippen molar-refractivity contribution in [2.45, 2.75) is 39.4 Å². The number of ether oxygens (including phenoxy) is 2. The molecule has 140 valence electrons. The summed E-state index contributed by atoms with van der Waals surface area (Å²) in [6.07, 6.45) is -0.197. The van der Waals surface area contributed by atoms with E-state index in [0.717, 1.165) is 11.3 Å². The summed E-state index contributed by atoms with van der Waals surface area (Å²) in [5.41, 5.74) is 1.23. The van der Waals surface area contributed by atoms with Crippen LogP contribution in [0.25, 0.3) is 0 Å². The highest BCUT2D eigenvalue weighted by Gasteiger charge is 2.36. The largest absolute Gasteiger partial charge is 0.479 e. The van der Waals surface area contributed by atoms with Crippen molar-refractivity contribution in [1.82, 2.24) is 0 Å². The van der Waals surface area contributed by atoms with Crippen molar-refractivity contribution < 1.29 is 23.9 Å². The number of amides is 2. The van der Waals surface area contributed by atoms with Gasteiger partial charge < -0.3 is 9.47 Å². The third-order valence-corrected chi connectivity index (χ3v) is 4.43. The molecule has 0 fully saturated rings. The molecular formula is C21H21NO5. The van der Waals surface area contributed by atoms with Crippen molar-refractivity contribution in [3.05, 3.63) is 59.7 Å². The van der Waals surface area contributed by atoms with Crippen LogP contribution in [0.15, 0.2) is 48.5 Å². The molecule has 6 heteroatoms. The number of fused-ring (bicyclic) bond motifs is 1. The number of anilines is 1. The first kappa shape index (κ1) is 18.6. The SMILES string of the molecule is CC[C@H](C)OC(=O)[C@@H](C)Oc1ccc(N2C(=O)c3ccccc3C2=O)cc1. The van der Waals surface area contributed by atoms with E-state index in [1.807, 2.05) is 13.8 Å². The molecule has 0 radical (unpaired) electrons. The van der Waals surface area contributed by atoms with E-state index >= 15 is 0 Å². The van der Waals surface area contributed by atoms with Crippen molar-refractivity contribution >= 4 is 23.5 Å². The van der Waals surface area contributed by atoms with Crippen molar-refractivity contribution in [3.8, 4) is 5.75 Å². The minimum Gasteiger partial charge on any atom is -0.479 e. The zero-order valence-corrected chi connectivity index (χ0v) is 15.5. The topological polar surface area (TPSA) is 72.9 Å². The maximum absolute atomic E-state index is 12.5. The first-order valence-electron chi connectivity index (χ1n) is 8.87. The van der Waals surface area contributed by atoms with E-state index in [4.69, 9.17) is 9.47 Å². The lowest BCUT2D eigenvalue weighted by Crippen LogP contribution is -2.30. The number of benzene rings is 2. The molecule has 0 N–H and O–H groups in total. The average molecular weight is 367 g/mol. The van der Waals surface area contributed by atoms with Gasteiger partial charge in [-0.15, -0.1) is 0 Å². The summed E-state index contributed by atoms with van der Waals surface area (Å²) in [4.78, 5) is 38.1. The van der Waals surface area contributed by atoms with Gasteiger partial charge in [0.05, 0.1) is 22.9 Å². The summed E-state index contributed by atoms with van der Waals surface area (Å²) < 4.78 is 10.8.